The molecule has 3 N–H and O–H groups in total. The van der Waals surface area contributed by atoms with Gasteiger partial charge in [0, 0.05) is 0 Å². The summed E-state index contributed by atoms with van der Waals surface area (Å²) in [5, 5.41) is 18.0. The summed E-state index contributed by atoms with van der Waals surface area (Å²) in [4.78, 5) is 9.58. The predicted octanol–water partition coefficient (Wildman–Crippen LogP) is -2.04. The number of carboxylic acids is 1. The van der Waals surface area contributed by atoms with Crippen LogP contribution < -0.4 is 5.32 Å². The summed E-state index contributed by atoms with van der Waals surface area (Å²) in [5.41, 5.74) is 0. The van der Waals surface area contributed by atoms with E-state index in [1.807, 2.05) is 0 Å². The Balaban J connectivity index is 0. The standard InChI is InChI=1S/C3H7NO3.Na.H/c5-2-4-1-3(6)7;;/h4-5H,1-2H2,(H,6,7);;. The number of aliphatic hydroxyl groups excluding tert-OH is 1. The summed E-state index contributed by atoms with van der Waals surface area (Å²) in [5.74, 6) is -0.964. The fourth-order valence-corrected chi connectivity index (χ4v) is 0.163. The van der Waals surface area contributed by atoms with Crippen molar-refractivity contribution in [1.29, 1.82) is 0 Å². The van der Waals surface area contributed by atoms with Crippen LogP contribution in [0.4, 0.5) is 0 Å². The van der Waals surface area contributed by atoms with Crippen LogP contribution in [0.25, 0.3) is 0 Å². The van der Waals surface area contributed by atoms with Crippen molar-refractivity contribution in [1.82, 2.24) is 5.32 Å². The third-order valence-electron chi connectivity index (χ3n) is 0.388. The van der Waals surface area contributed by atoms with Gasteiger partial charge in [-0.15, -0.1) is 0 Å². The van der Waals surface area contributed by atoms with Gasteiger partial charge in [0.05, 0.1) is 13.3 Å². The van der Waals surface area contributed by atoms with Gasteiger partial charge in [0.1, 0.15) is 0 Å². The molecule has 0 radical (unpaired) electrons. The number of carbonyl (C=O) groups is 1. The van der Waals surface area contributed by atoms with E-state index >= 15 is 0 Å². The molecular formula is C3H8NNaO3. The SMILES string of the molecule is O=C(O)CNCO.[NaH]. The van der Waals surface area contributed by atoms with E-state index in [9.17, 15) is 4.79 Å². The van der Waals surface area contributed by atoms with Gasteiger partial charge in [-0.25, -0.2) is 0 Å². The maximum absolute atomic E-state index is 9.58. The zero-order valence-corrected chi connectivity index (χ0v) is 3.72. The molecule has 4 nitrogen and oxygen atoms in total. The summed E-state index contributed by atoms with van der Waals surface area (Å²) in [6.07, 6.45) is 0. The second-order valence-corrected chi connectivity index (χ2v) is 0.979. The van der Waals surface area contributed by atoms with Gasteiger partial charge in [-0.3, -0.25) is 10.1 Å². The van der Waals surface area contributed by atoms with Crippen LogP contribution in [0.15, 0.2) is 0 Å². The van der Waals surface area contributed by atoms with Crippen LogP contribution in [0, 0.1) is 0 Å². The average Bonchev–Trinajstić information content (AvgIpc) is 1.61. The Bertz CT molecular complexity index is 67.5. The predicted molar refractivity (Wildman–Crippen MR) is 29.9 cm³/mol. The van der Waals surface area contributed by atoms with Gasteiger partial charge in [-0.05, 0) is 0 Å². The molecule has 0 fully saturated rings. The van der Waals surface area contributed by atoms with E-state index in [1.54, 1.807) is 0 Å². The Labute approximate surface area is 69.2 Å². The van der Waals surface area contributed by atoms with E-state index in [1.165, 1.54) is 0 Å². The van der Waals surface area contributed by atoms with Gasteiger partial charge in [-0.2, -0.15) is 0 Å². The minimum atomic E-state index is -0.964. The van der Waals surface area contributed by atoms with Crippen LogP contribution in [0.3, 0.4) is 0 Å². The van der Waals surface area contributed by atoms with Crippen molar-refractivity contribution in [2.75, 3.05) is 13.3 Å². The van der Waals surface area contributed by atoms with Crippen molar-refractivity contribution >= 4 is 35.5 Å². The first kappa shape index (κ1) is 11.2. The zero-order chi connectivity index (χ0) is 5.70. The van der Waals surface area contributed by atoms with Crippen LogP contribution in [-0.4, -0.2) is 59.0 Å². The van der Waals surface area contributed by atoms with Crippen molar-refractivity contribution in [2.45, 2.75) is 0 Å². The first-order valence-corrected chi connectivity index (χ1v) is 1.80. The van der Waals surface area contributed by atoms with Crippen LogP contribution in [0.2, 0.25) is 0 Å². The molecule has 0 saturated carbocycles. The van der Waals surface area contributed by atoms with Crippen molar-refractivity contribution in [3.63, 3.8) is 0 Å². The number of hydrogen-bond donors (Lipinski definition) is 3. The van der Waals surface area contributed by atoms with Gasteiger partial charge in [0.2, 0.25) is 0 Å². The quantitative estimate of drug-likeness (QED) is 0.303. The number of nitrogens with one attached hydrogen (secondary N) is 1. The van der Waals surface area contributed by atoms with E-state index < -0.39 is 5.97 Å². The van der Waals surface area contributed by atoms with Crippen LogP contribution in [0.5, 0.6) is 0 Å². The summed E-state index contributed by atoms with van der Waals surface area (Å²) in [6, 6.07) is 0. The number of carboxylic acid groups (broad SMARTS) is 1. The van der Waals surface area contributed by atoms with Gasteiger partial charge >= 0.3 is 35.5 Å². The first-order valence-electron chi connectivity index (χ1n) is 1.80. The molecule has 0 atom stereocenters. The molecule has 8 heavy (non-hydrogen) atoms. The Morgan fingerprint density at radius 2 is 2.12 bits per heavy atom. The third-order valence-corrected chi connectivity index (χ3v) is 0.388. The van der Waals surface area contributed by atoms with Crippen LogP contribution in [-0.2, 0) is 4.79 Å². The molecule has 0 amide bonds. The molecule has 0 rings (SSSR count). The Kier molecular flexibility index (Phi) is 10.4. The van der Waals surface area contributed by atoms with Gasteiger partial charge in [0.15, 0.2) is 0 Å². The summed E-state index contributed by atoms with van der Waals surface area (Å²) >= 11 is 0. The minimum absolute atomic E-state index is 0. The summed E-state index contributed by atoms with van der Waals surface area (Å²) in [7, 11) is 0. The molecule has 0 unspecified atom stereocenters. The molecule has 0 aromatic heterocycles. The normalized spacial score (nSPS) is 7.62. The number of aliphatic carboxylic acids is 1. The second kappa shape index (κ2) is 7.39. The summed E-state index contributed by atoms with van der Waals surface area (Å²) in [6.45, 7) is -0.469. The van der Waals surface area contributed by atoms with E-state index in [0.717, 1.165) is 0 Å². The molecule has 0 bridgehead atoms. The van der Waals surface area contributed by atoms with Crippen molar-refractivity contribution in [3.05, 3.63) is 0 Å². The van der Waals surface area contributed by atoms with Crippen LogP contribution >= 0.6 is 0 Å². The average molecular weight is 129 g/mol. The second-order valence-electron chi connectivity index (χ2n) is 0.979. The van der Waals surface area contributed by atoms with Crippen molar-refractivity contribution in [2.24, 2.45) is 0 Å². The van der Waals surface area contributed by atoms with Crippen molar-refractivity contribution in [3.8, 4) is 0 Å². The van der Waals surface area contributed by atoms with Gasteiger partial charge in [0.25, 0.3) is 0 Å². The van der Waals surface area contributed by atoms with Gasteiger partial charge in [-0.1, -0.05) is 0 Å². The Hall–Kier alpha value is 0.390. The molecular weight excluding hydrogens is 121 g/mol. The zero-order valence-electron chi connectivity index (χ0n) is 3.72. The number of rotatable bonds is 3. The first-order chi connectivity index (χ1) is 3.27. The van der Waals surface area contributed by atoms with E-state index in [0.29, 0.717) is 0 Å². The topological polar surface area (TPSA) is 69.6 Å². The monoisotopic (exact) mass is 129 g/mol. The van der Waals surface area contributed by atoms with E-state index in [4.69, 9.17) is 10.2 Å². The number of aliphatic hydroxyl groups is 1. The van der Waals surface area contributed by atoms with Gasteiger partial charge < -0.3 is 10.2 Å². The Morgan fingerprint density at radius 1 is 1.62 bits per heavy atom. The van der Waals surface area contributed by atoms with E-state index in [2.05, 4.69) is 5.32 Å². The van der Waals surface area contributed by atoms with Crippen molar-refractivity contribution < 1.29 is 15.0 Å². The summed E-state index contributed by atoms with van der Waals surface area (Å²) < 4.78 is 0. The molecule has 0 aromatic rings. The van der Waals surface area contributed by atoms with Crippen LogP contribution in [0.1, 0.15) is 0 Å². The molecule has 0 aliphatic carbocycles. The molecule has 0 aromatic carbocycles. The third kappa shape index (κ3) is 9.63. The number of hydrogen-bond acceptors (Lipinski definition) is 3. The fourth-order valence-electron chi connectivity index (χ4n) is 0.163. The molecule has 0 saturated heterocycles. The molecule has 44 valence electrons. The molecule has 0 aliphatic heterocycles. The molecule has 0 heterocycles. The molecule has 5 heteroatoms. The fraction of sp³-hybridized carbons (Fsp3) is 0.667. The Morgan fingerprint density at radius 3 is 2.25 bits per heavy atom. The molecule has 0 spiro atoms. The molecule has 0 aliphatic rings. The maximum atomic E-state index is 9.58. The van der Waals surface area contributed by atoms with E-state index in [-0.39, 0.29) is 42.8 Å².